The molecule has 1 aliphatic carbocycles. The van der Waals surface area contributed by atoms with Gasteiger partial charge < -0.3 is 24.1 Å². The maximum Gasteiger partial charge on any atom is 0.127 e. The Hall–Kier alpha value is -2.29. The zero-order chi connectivity index (χ0) is 24.5. The lowest BCUT2D eigenvalue weighted by Gasteiger charge is -2.25. The van der Waals surface area contributed by atoms with Crippen LogP contribution < -0.4 is 18.9 Å². The number of methoxy groups -OCH3 is 4. The van der Waals surface area contributed by atoms with Gasteiger partial charge in [0.05, 0.1) is 45.5 Å². The molecule has 0 heterocycles. The van der Waals surface area contributed by atoms with Gasteiger partial charge in [-0.3, -0.25) is 0 Å². The highest BCUT2D eigenvalue weighted by Crippen LogP contribution is 2.31. The summed E-state index contributed by atoms with van der Waals surface area (Å²) in [5.41, 5.74) is 1.81. The molecule has 0 radical (unpaired) electrons. The van der Waals surface area contributed by atoms with Crippen LogP contribution in [0.2, 0.25) is 0 Å². The number of hydrogen-bond acceptors (Lipinski definition) is 6. The van der Waals surface area contributed by atoms with Crippen molar-refractivity contribution in [1.29, 1.82) is 0 Å². The average molecular weight is 492 g/mol. The molecular weight excluding hydrogens is 454 g/mol. The molecule has 7 nitrogen and oxygen atoms in total. The summed E-state index contributed by atoms with van der Waals surface area (Å²) < 4.78 is 37.2. The second-order valence-corrected chi connectivity index (χ2v) is 10.1. The van der Waals surface area contributed by atoms with E-state index in [0.717, 1.165) is 24.0 Å². The quantitative estimate of drug-likeness (QED) is 0.450. The topological polar surface area (TPSA) is 77.5 Å². The Morgan fingerprint density at radius 2 is 1.38 bits per heavy atom. The van der Waals surface area contributed by atoms with Crippen molar-refractivity contribution in [3.05, 3.63) is 47.5 Å². The minimum Gasteiger partial charge on any atom is -0.497 e. The summed E-state index contributed by atoms with van der Waals surface area (Å²) in [6.07, 6.45) is 4.58. The fraction of sp³-hybridized carbons (Fsp3) is 0.538. The van der Waals surface area contributed by atoms with Crippen molar-refractivity contribution in [1.82, 2.24) is 4.31 Å². The highest BCUT2D eigenvalue weighted by atomic mass is 32.2. The van der Waals surface area contributed by atoms with E-state index in [-0.39, 0.29) is 0 Å². The monoisotopic (exact) mass is 491 g/mol. The molecule has 1 saturated carbocycles. The normalized spacial score (nSPS) is 15.8. The highest BCUT2D eigenvalue weighted by Gasteiger charge is 2.25. The molecular formula is C26H37NO6S. The van der Waals surface area contributed by atoms with Gasteiger partial charge in [-0.15, -0.1) is 0 Å². The van der Waals surface area contributed by atoms with Crippen LogP contribution in [0.5, 0.6) is 23.0 Å². The van der Waals surface area contributed by atoms with E-state index in [2.05, 4.69) is 0 Å². The van der Waals surface area contributed by atoms with Crippen LogP contribution in [0.1, 0.15) is 43.2 Å². The third kappa shape index (κ3) is 6.87. The Morgan fingerprint density at radius 1 is 0.882 bits per heavy atom. The van der Waals surface area contributed by atoms with E-state index in [9.17, 15) is 9.32 Å². The van der Waals surface area contributed by atoms with Crippen LogP contribution in [-0.4, -0.2) is 53.9 Å². The summed E-state index contributed by atoms with van der Waals surface area (Å²) in [6.45, 7) is 0.822. The fourth-order valence-corrected chi connectivity index (χ4v) is 5.74. The third-order valence-corrected chi connectivity index (χ3v) is 7.92. The summed E-state index contributed by atoms with van der Waals surface area (Å²) >= 11 is 0. The Labute approximate surface area is 205 Å². The maximum absolute atomic E-state index is 13.5. The van der Waals surface area contributed by atoms with Crippen LogP contribution >= 0.6 is 0 Å². The van der Waals surface area contributed by atoms with E-state index in [0.29, 0.717) is 54.2 Å². The molecule has 2 aromatic rings. The van der Waals surface area contributed by atoms with Crippen molar-refractivity contribution in [3.8, 4) is 23.0 Å². The van der Waals surface area contributed by atoms with Crippen LogP contribution in [-0.2, 0) is 24.1 Å². The van der Waals surface area contributed by atoms with Crippen LogP contribution in [0.3, 0.4) is 0 Å². The molecule has 8 heteroatoms. The molecule has 2 aromatic carbocycles. The van der Waals surface area contributed by atoms with Gasteiger partial charge in [-0.2, -0.15) is 0 Å². The summed E-state index contributed by atoms with van der Waals surface area (Å²) in [4.78, 5) is 0. The molecule has 188 valence electrons. The Bertz CT molecular complexity index is 889. The van der Waals surface area contributed by atoms with Crippen LogP contribution in [0, 0.1) is 5.92 Å². The van der Waals surface area contributed by atoms with Gasteiger partial charge >= 0.3 is 0 Å². The van der Waals surface area contributed by atoms with Crippen molar-refractivity contribution >= 4 is 11.0 Å². The molecule has 0 amide bonds. The molecule has 1 fully saturated rings. The lowest BCUT2D eigenvalue weighted by molar-refractivity contribution is 0.107. The molecule has 0 spiro atoms. The number of benzene rings is 2. The summed E-state index contributed by atoms with van der Waals surface area (Å²) in [7, 11) is 5.14. The fourth-order valence-electron chi connectivity index (χ4n) is 4.47. The summed E-state index contributed by atoms with van der Waals surface area (Å²) in [6, 6.07) is 11.3. The molecule has 0 aromatic heterocycles. The van der Waals surface area contributed by atoms with Gasteiger partial charge in [-0.1, -0.05) is 25.0 Å². The molecule has 2 atom stereocenters. The molecule has 34 heavy (non-hydrogen) atoms. The first kappa shape index (κ1) is 26.3. The number of ether oxygens (including phenoxy) is 4. The van der Waals surface area contributed by atoms with E-state index in [1.807, 2.05) is 40.7 Å². The second kappa shape index (κ2) is 13.0. The number of hydrogen-bond donors (Lipinski definition) is 1. The Balaban J connectivity index is 1.81. The largest absolute Gasteiger partial charge is 0.497 e. The van der Waals surface area contributed by atoms with Gasteiger partial charge in [0.25, 0.3) is 0 Å². The maximum atomic E-state index is 13.5. The van der Waals surface area contributed by atoms with Crippen molar-refractivity contribution in [2.45, 2.75) is 51.3 Å². The molecule has 3 rings (SSSR count). The molecule has 2 unspecified atom stereocenters. The standard InChI is InChI=1S/C26H37NO6S/c1-30-22-11-9-20(25(15-22)32-3)17-27(18-21-10-12-23(31-2)16-26(21)33-4)34(29)14-13-24(28)19-7-5-6-8-19/h9-12,15-16,19,24,28H,5-8,13-14,17-18H2,1-4H3. The van der Waals surface area contributed by atoms with Crippen molar-refractivity contribution in [2.24, 2.45) is 5.92 Å². The third-order valence-electron chi connectivity index (χ3n) is 6.50. The number of rotatable bonds is 13. The summed E-state index contributed by atoms with van der Waals surface area (Å²) in [5, 5.41) is 10.6. The first-order valence-electron chi connectivity index (χ1n) is 11.7. The predicted molar refractivity (Wildman–Crippen MR) is 134 cm³/mol. The van der Waals surface area contributed by atoms with Crippen molar-refractivity contribution in [3.63, 3.8) is 0 Å². The van der Waals surface area contributed by atoms with Crippen molar-refractivity contribution < 1.29 is 28.3 Å². The smallest absolute Gasteiger partial charge is 0.127 e. The molecule has 0 saturated heterocycles. The predicted octanol–water partition coefficient (Wildman–Crippen LogP) is 4.33. The van der Waals surface area contributed by atoms with E-state index in [1.165, 1.54) is 12.8 Å². The first-order valence-corrected chi connectivity index (χ1v) is 13.0. The van der Waals surface area contributed by atoms with Gasteiger partial charge in [0, 0.05) is 42.1 Å². The van der Waals surface area contributed by atoms with Gasteiger partial charge in [-0.05, 0) is 37.3 Å². The average Bonchev–Trinajstić information content (AvgIpc) is 3.42. The number of nitrogens with zero attached hydrogens (tertiary/aromatic N) is 1. The number of aliphatic hydroxyl groups excluding tert-OH is 1. The zero-order valence-electron chi connectivity index (χ0n) is 20.6. The highest BCUT2D eigenvalue weighted by molar-refractivity contribution is 7.82. The molecule has 0 aliphatic heterocycles. The van der Waals surface area contributed by atoms with Crippen LogP contribution in [0.15, 0.2) is 36.4 Å². The first-order chi connectivity index (χ1) is 16.5. The van der Waals surface area contributed by atoms with Crippen LogP contribution in [0.25, 0.3) is 0 Å². The van der Waals surface area contributed by atoms with Gasteiger partial charge in [-0.25, -0.2) is 8.51 Å². The minimum absolute atomic E-state index is 0.328. The second-order valence-electron chi connectivity index (χ2n) is 8.58. The van der Waals surface area contributed by atoms with E-state index in [4.69, 9.17) is 18.9 Å². The van der Waals surface area contributed by atoms with Crippen LogP contribution in [0.4, 0.5) is 0 Å². The number of aliphatic hydroxyl groups is 1. The lowest BCUT2D eigenvalue weighted by Crippen LogP contribution is -2.30. The van der Waals surface area contributed by atoms with Crippen molar-refractivity contribution in [2.75, 3.05) is 34.2 Å². The van der Waals surface area contributed by atoms with Gasteiger partial charge in [0.1, 0.15) is 23.0 Å². The van der Waals surface area contributed by atoms with Gasteiger partial charge in [0.15, 0.2) is 0 Å². The van der Waals surface area contributed by atoms with E-state index in [1.54, 1.807) is 28.4 Å². The lowest BCUT2D eigenvalue weighted by atomic mass is 9.99. The molecule has 0 bridgehead atoms. The summed E-state index contributed by atoms with van der Waals surface area (Å²) in [5.74, 6) is 3.47. The Morgan fingerprint density at radius 3 is 1.82 bits per heavy atom. The van der Waals surface area contributed by atoms with Gasteiger partial charge in [0.2, 0.25) is 0 Å². The van der Waals surface area contributed by atoms with E-state index < -0.39 is 17.1 Å². The molecule has 1 N–H and O–H groups in total. The Kier molecular flexibility index (Phi) is 10.0. The zero-order valence-corrected chi connectivity index (χ0v) is 21.4. The molecule has 1 aliphatic rings. The van der Waals surface area contributed by atoms with E-state index >= 15 is 0 Å². The SMILES string of the molecule is COc1ccc(CN(Cc2ccc(OC)cc2OC)S(=O)CCC(O)C2CCCC2)c(OC)c1. The minimum atomic E-state index is -1.31.